The first kappa shape index (κ1) is 35.8. The quantitative estimate of drug-likeness (QED) is 0.249. The van der Waals surface area contributed by atoms with E-state index < -0.39 is 88.8 Å². The van der Waals surface area contributed by atoms with Crippen molar-refractivity contribution in [3.05, 3.63) is 59.2 Å². The molecule has 0 aromatic heterocycles. The van der Waals surface area contributed by atoms with Gasteiger partial charge >= 0.3 is 29.8 Å². The number of benzene rings is 1. The minimum Gasteiger partial charge on any atom is -0.462 e. The zero-order valence-electron chi connectivity index (χ0n) is 28.0. The van der Waals surface area contributed by atoms with Crippen LogP contribution in [0.1, 0.15) is 78.6 Å². The summed E-state index contributed by atoms with van der Waals surface area (Å²) in [5.41, 5.74) is -4.20. The molecule has 47 heavy (non-hydrogen) atoms. The number of esters is 5. The molecule has 2 fully saturated rings. The monoisotopic (exact) mass is 656 g/mol. The van der Waals surface area contributed by atoms with Crippen LogP contribution in [0.2, 0.25) is 0 Å². The standard InChI is InChI=1S/C35H44O12/c1-17-24(40)15-26(44-20(4)37)34(9)28(17)30(45-21(5)38)35(33(7,8)42)16-25(43-19(3)36)18(2)27(35)29(31(34)46-22(6)39)47-32(41)23-13-11-10-12-14-23/h10-14,24-26,28-31,40,42H,1,15-16H2,2-9H3/t24-,25+,26+,28+,29-,30-,31+,34-,35+/m1/s1. The number of hydrogen-bond acceptors (Lipinski definition) is 12. The average Bonchev–Trinajstić information content (AvgIpc) is 3.21. The lowest BCUT2D eigenvalue weighted by molar-refractivity contribution is -0.214. The summed E-state index contributed by atoms with van der Waals surface area (Å²) in [7, 11) is 0. The third-order valence-electron chi connectivity index (χ3n) is 10.0. The fourth-order valence-electron chi connectivity index (χ4n) is 8.11. The van der Waals surface area contributed by atoms with Crippen molar-refractivity contribution in [3.8, 4) is 0 Å². The number of rotatable bonds is 7. The van der Waals surface area contributed by atoms with Crippen LogP contribution in [0.15, 0.2) is 53.6 Å². The molecule has 0 spiro atoms. The maximum absolute atomic E-state index is 13.9. The van der Waals surface area contributed by atoms with Gasteiger partial charge in [-0.1, -0.05) is 31.7 Å². The van der Waals surface area contributed by atoms with Crippen molar-refractivity contribution in [2.75, 3.05) is 0 Å². The molecule has 2 N–H and O–H groups in total. The average molecular weight is 657 g/mol. The van der Waals surface area contributed by atoms with Gasteiger partial charge in [0.25, 0.3) is 0 Å². The van der Waals surface area contributed by atoms with Crippen molar-refractivity contribution >= 4 is 29.8 Å². The highest BCUT2D eigenvalue weighted by molar-refractivity contribution is 5.89. The van der Waals surface area contributed by atoms with Crippen LogP contribution in [0.25, 0.3) is 0 Å². The summed E-state index contributed by atoms with van der Waals surface area (Å²) < 4.78 is 30.1. The molecule has 1 aromatic carbocycles. The minimum absolute atomic E-state index is 0.143. The molecule has 0 bridgehead atoms. The van der Waals surface area contributed by atoms with Crippen molar-refractivity contribution in [2.24, 2.45) is 16.7 Å². The number of aliphatic hydroxyl groups excluding tert-OH is 1. The first-order valence-electron chi connectivity index (χ1n) is 15.5. The molecular formula is C35H44O12. The maximum atomic E-state index is 13.9. The van der Waals surface area contributed by atoms with Crippen LogP contribution < -0.4 is 0 Å². The molecule has 4 rings (SSSR count). The highest BCUT2D eigenvalue weighted by atomic mass is 16.6. The van der Waals surface area contributed by atoms with Crippen molar-refractivity contribution < 1.29 is 57.9 Å². The summed E-state index contributed by atoms with van der Waals surface area (Å²) in [6, 6.07) is 8.07. The summed E-state index contributed by atoms with van der Waals surface area (Å²) in [6.07, 6.45) is -8.13. The van der Waals surface area contributed by atoms with Gasteiger partial charge in [0.2, 0.25) is 0 Å². The van der Waals surface area contributed by atoms with Gasteiger partial charge in [-0.3, -0.25) is 19.2 Å². The van der Waals surface area contributed by atoms with Gasteiger partial charge in [0, 0.05) is 46.5 Å². The molecule has 0 radical (unpaired) electrons. The molecule has 1 aromatic rings. The second-order valence-electron chi connectivity index (χ2n) is 13.4. The molecule has 0 aliphatic heterocycles. The lowest BCUT2D eigenvalue weighted by atomic mass is 9.54. The number of carbonyl (C=O) groups is 5. The Morgan fingerprint density at radius 3 is 1.89 bits per heavy atom. The first-order valence-corrected chi connectivity index (χ1v) is 15.5. The zero-order valence-corrected chi connectivity index (χ0v) is 28.0. The van der Waals surface area contributed by atoms with Crippen molar-refractivity contribution in [3.63, 3.8) is 0 Å². The predicted molar refractivity (Wildman–Crippen MR) is 165 cm³/mol. The predicted octanol–water partition coefficient (Wildman–Crippen LogP) is 3.37. The Morgan fingerprint density at radius 2 is 1.38 bits per heavy atom. The molecule has 12 nitrogen and oxygen atoms in total. The molecule has 0 saturated heterocycles. The van der Waals surface area contributed by atoms with Gasteiger partial charge in [-0.05, 0) is 49.6 Å². The molecule has 3 aliphatic carbocycles. The number of fused-ring (bicyclic) bond motifs is 2. The molecular weight excluding hydrogens is 612 g/mol. The zero-order chi connectivity index (χ0) is 35.2. The minimum atomic E-state index is -1.82. The normalized spacial score (nSPS) is 33.5. The van der Waals surface area contributed by atoms with Crippen LogP contribution in [0.4, 0.5) is 0 Å². The van der Waals surface area contributed by atoms with Gasteiger partial charge in [0.1, 0.15) is 18.3 Å². The lowest BCUT2D eigenvalue weighted by Crippen LogP contribution is -2.64. The summed E-state index contributed by atoms with van der Waals surface area (Å²) >= 11 is 0. The topological polar surface area (TPSA) is 172 Å². The lowest BCUT2D eigenvalue weighted by Gasteiger charge is -2.55. The van der Waals surface area contributed by atoms with Crippen molar-refractivity contribution in [1.29, 1.82) is 0 Å². The summed E-state index contributed by atoms with van der Waals surface area (Å²) in [6.45, 7) is 15.2. The van der Waals surface area contributed by atoms with Gasteiger partial charge in [-0.25, -0.2) is 4.79 Å². The third kappa shape index (κ3) is 6.20. The fraction of sp³-hybridized carbons (Fsp3) is 0.571. The van der Waals surface area contributed by atoms with Gasteiger partial charge in [-0.2, -0.15) is 0 Å². The van der Waals surface area contributed by atoms with Gasteiger partial charge in [-0.15, -0.1) is 0 Å². The molecule has 0 unspecified atom stereocenters. The summed E-state index contributed by atoms with van der Waals surface area (Å²) in [4.78, 5) is 64.8. The fourth-order valence-corrected chi connectivity index (χ4v) is 8.11. The first-order chi connectivity index (χ1) is 21.8. The Hall–Kier alpha value is -4.03. The number of carbonyl (C=O) groups excluding carboxylic acids is 5. The molecule has 2 saturated carbocycles. The van der Waals surface area contributed by atoms with E-state index in [9.17, 15) is 34.2 Å². The van der Waals surface area contributed by atoms with Crippen LogP contribution in [0, 0.1) is 16.7 Å². The Labute approximate surface area is 274 Å². The molecule has 9 atom stereocenters. The van der Waals surface area contributed by atoms with E-state index in [0.717, 1.165) is 6.92 Å². The van der Waals surface area contributed by atoms with E-state index in [2.05, 4.69) is 6.58 Å². The SMILES string of the molecule is C=C1[C@H](O)C[C@H](OC(C)=O)[C@@]2(C)[C@@H](OC(C)=O)[C@H](OC(=O)c3ccccc3)C3=C(C)[C@@H](OC(C)=O)C[C@@]3(C(C)(C)O)[C@H](OC(C)=O)[C@H]12. The van der Waals surface area contributed by atoms with E-state index in [-0.39, 0.29) is 29.6 Å². The molecule has 0 heterocycles. The second kappa shape index (κ2) is 12.9. The molecule has 0 amide bonds. The van der Waals surface area contributed by atoms with Gasteiger partial charge in [0.05, 0.1) is 28.1 Å². The van der Waals surface area contributed by atoms with Gasteiger partial charge in [0.15, 0.2) is 12.2 Å². The Morgan fingerprint density at radius 1 is 0.851 bits per heavy atom. The number of ether oxygens (including phenoxy) is 5. The van der Waals surface area contributed by atoms with E-state index in [1.54, 1.807) is 32.0 Å². The summed E-state index contributed by atoms with van der Waals surface area (Å²) in [5, 5.41) is 23.6. The van der Waals surface area contributed by atoms with Crippen LogP contribution in [-0.4, -0.2) is 82.3 Å². The second-order valence-corrected chi connectivity index (χ2v) is 13.4. The van der Waals surface area contributed by atoms with Crippen molar-refractivity contribution in [1.82, 2.24) is 0 Å². The van der Waals surface area contributed by atoms with E-state index in [4.69, 9.17) is 23.7 Å². The molecule has 12 heteroatoms. The van der Waals surface area contributed by atoms with Crippen LogP contribution >= 0.6 is 0 Å². The van der Waals surface area contributed by atoms with Gasteiger partial charge < -0.3 is 33.9 Å². The smallest absolute Gasteiger partial charge is 0.338 e. The third-order valence-corrected chi connectivity index (χ3v) is 10.0. The van der Waals surface area contributed by atoms with E-state index in [1.165, 1.54) is 46.8 Å². The van der Waals surface area contributed by atoms with E-state index in [1.807, 2.05) is 0 Å². The van der Waals surface area contributed by atoms with Crippen LogP contribution in [0.3, 0.4) is 0 Å². The molecule has 256 valence electrons. The highest BCUT2D eigenvalue weighted by Crippen LogP contribution is 2.66. The molecule has 3 aliphatic rings. The van der Waals surface area contributed by atoms with Crippen LogP contribution in [-0.2, 0) is 42.9 Å². The maximum Gasteiger partial charge on any atom is 0.338 e. The largest absolute Gasteiger partial charge is 0.462 e. The van der Waals surface area contributed by atoms with Crippen molar-refractivity contribution in [2.45, 2.75) is 110 Å². The van der Waals surface area contributed by atoms with E-state index in [0.29, 0.717) is 5.57 Å². The highest BCUT2D eigenvalue weighted by Gasteiger charge is 2.74. The number of aliphatic hydroxyl groups is 2. The van der Waals surface area contributed by atoms with Crippen LogP contribution in [0.5, 0.6) is 0 Å². The summed E-state index contributed by atoms with van der Waals surface area (Å²) in [5.74, 6) is -4.85. The Bertz CT molecular complexity index is 1490. The van der Waals surface area contributed by atoms with E-state index >= 15 is 0 Å². The Balaban J connectivity index is 2.19. The Kier molecular flexibility index (Phi) is 9.81. The number of hydrogen-bond donors (Lipinski definition) is 2.